The van der Waals surface area contributed by atoms with Gasteiger partial charge in [-0.1, -0.05) is 47.2 Å². The Bertz CT molecular complexity index is 1180. The number of hydrogen-bond donors (Lipinski definition) is 2. The number of aryl methyl sites for hydroxylation is 1. The predicted octanol–water partition coefficient (Wildman–Crippen LogP) is 4.14. The Morgan fingerprint density at radius 2 is 1.94 bits per heavy atom. The predicted molar refractivity (Wildman–Crippen MR) is 125 cm³/mol. The number of sulfonamides is 1. The van der Waals surface area contributed by atoms with Crippen molar-refractivity contribution in [2.75, 3.05) is 11.9 Å². The molecule has 0 radical (unpaired) electrons. The summed E-state index contributed by atoms with van der Waals surface area (Å²) in [5.74, 6) is 0.297. The molecule has 0 fully saturated rings. The second kappa shape index (κ2) is 10.9. The maximum Gasteiger partial charge on any atom is 0.269 e. The monoisotopic (exact) mass is 494 g/mol. The molecule has 8 nitrogen and oxygen atoms in total. The van der Waals surface area contributed by atoms with Crippen LogP contribution in [0.2, 0.25) is 5.02 Å². The lowest BCUT2D eigenvalue weighted by molar-refractivity contribution is 0.102. The molecule has 0 saturated heterocycles. The lowest BCUT2D eigenvalue weighted by Gasteiger charge is -2.11. The fraction of sp³-hybridized carbons (Fsp3) is 0.286. The average molecular weight is 495 g/mol. The van der Waals surface area contributed by atoms with Crippen LogP contribution in [0.3, 0.4) is 0 Å². The van der Waals surface area contributed by atoms with Crippen molar-refractivity contribution in [1.29, 1.82) is 0 Å². The zero-order valence-corrected chi connectivity index (χ0v) is 19.9. The number of carbonyl (C=O) groups excluding carboxylic acids is 1. The summed E-state index contributed by atoms with van der Waals surface area (Å²) in [5.41, 5.74) is 1.32. The van der Waals surface area contributed by atoms with Crippen LogP contribution in [0, 0.1) is 0 Å². The van der Waals surface area contributed by atoms with E-state index < -0.39 is 15.9 Å². The summed E-state index contributed by atoms with van der Waals surface area (Å²) in [5, 5.41) is 10.3. The van der Waals surface area contributed by atoms with Gasteiger partial charge in [-0.2, -0.15) is 0 Å². The van der Waals surface area contributed by atoms with Crippen molar-refractivity contribution in [3.05, 3.63) is 64.7 Å². The summed E-state index contributed by atoms with van der Waals surface area (Å²) in [6.45, 7) is 4.16. The van der Waals surface area contributed by atoms with Gasteiger partial charge in [-0.3, -0.25) is 10.1 Å². The fourth-order valence-corrected chi connectivity index (χ4v) is 5.02. The molecule has 0 atom stereocenters. The number of halogens is 1. The van der Waals surface area contributed by atoms with Crippen LogP contribution in [0.1, 0.15) is 36.2 Å². The molecule has 3 aromatic rings. The molecular formula is C21H23ClN4O4S2. The topological polar surface area (TPSA) is 110 Å². The Morgan fingerprint density at radius 3 is 2.69 bits per heavy atom. The Labute approximate surface area is 196 Å². The second-order valence-corrected chi connectivity index (χ2v) is 10.4. The molecule has 0 saturated carbocycles. The van der Waals surface area contributed by atoms with E-state index in [-0.39, 0.29) is 32.7 Å². The first kappa shape index (κ1) is 24.1. The molecule has 3 rings (SSSR count). The molecule has 32 heavy (non-hydrogen) atoms. The van der Waals surface area contributed by atoms with E-state index in [0.717, 1.165) is 22.6 Å². The molecule has 170 valence electrons. The van der Waals surface area contributed by atoms with Crippen LogP contribution < -0.4 is 14.8 Å². The lowest BCUT2D eigenvalue weighted by Crippen LogP contribution is -2.25. The summed E-state index contributed by atoms with van der Waals surface area (Å²) < 4.78 is 32.9. The van der Waals surface area contributed by atoms with Crippen molar-refractivity contribution >= 4 is 44.0 Å². The summed E-state index contributed by atoms with van der Waals surface area (Å²) in [6.07, 6.45) is 1.37. The van der Waals surface area contributed by atoms with Crippen molar-refractivity contribution in [3.8, 4) is 5.75 Å². The number of nitrogens with zero attached hydrogens (tertiary/aromatic N) is 2. The van der Waals surface area contributed by atoms with Gasteiger partial charge < -0.3 is 4.74 Å². The molecule has 0 aliphatic heterocycles. The molecule has 1 aromatic heterocycles. The van der Waals surface area contributed by atoms with E-state index >= 15 is 0 Å². The van der Waals surface area contributed by atoms with E-state index in [2.05, 4.69) is 20.2 Å². The molecule has 1 heterocycles. The number of anilines is 1. The van der Waals surface area contributed by atoms with Crippen molar-refractivity contribution in [2.24, 2.45) is 0 Å². The fourth-order valence-electron chi connectivity index (χ4n) is 2.79. The molecule has 0 aliphatic carbocycles. The van der Waals surface area contributed by atoms with Gasteiger partial charge in [-0.25, -0.2) is 13.1 Å². The minimum Gasteiger partial charge on any atom is -0.491 e. The van der Waals surface area contributed by atoms with Crippen molar-refractivity contribution in [3.63, 3.8) is 0 Å². The molecule has 0 spiro atoms. The summed E-state index contributed by atoms with van der Waals surface area (Å²) >= 11 is 6.77. The normalized spacial score (nSPS) is 11.5. The molecule has 2 N–H and O–H groups in total. The first-order chi connectivity index (χ1) is 15.2. The lowest BCUT2D eigenvalue weighted by atomic mass is 10.1. The largest absolute Gasteiger partial charge is 0.491 e. The highest BCUT2D eigenvalue weighted by molar-refractivity contribution is 7.91. The van der Waals surface area contributed by atoms with Crippen LogP contribution >= 0.6 is 22.9 Å². The standard InChI is InChI=1S/C21H23ClN4O4S2/c1-14(2)30-16-9-5-7-15(13-16)8-6-12-23-32(28,29)21-26-25-20(31-21)24-19(27)17-10-3-4-11-18(17)22/h3-5,7,9-11,13-14,23H,6,8,12H2,1-2H3,(H,24,25,27). The van der Waals surface area contributed by atoms with Gasteiger partial charge in [0.2, 0.25) is 9.47 Å². The van der Waals surface area contributed by atoms with Gasteiger partial charge in [0.05, 0.1) is 16.7 Å². The molecule has 0 bridgehead atoms. The highest BCUT2D eigenvalue weighted by Gasteiger charge is 2.21. The number of benzene rings is 2. The highest BCUT2D eigenvalue weighted by Crippen LogP contribution is 2.22. The van der Waals surface area contributed by atoms with Gasteiger partial charge in [0.15, 0.2) is 0 Å². The molecule has 2 aromatic carbocycles. The van der Waals surface area contributed by atoms with E-state index in [1.165, 1.54) is 0 Å². The van der Waals surface area contributed by atoms with E-state index in [9.17, 15) is 13.2 Å². The molecule has 1 amide bonds. The smallest absolute Gasteiger partial charge is 0.269 e. The number of amides is 1. The Morgan fingerprint density at radius 1 is 1.16 bits per heavy atom. The van der Waals surface area contributed by atoms with E-state index in [4.69, 9.17) is 16.3 Å². The Hall–Kier alpha value is -2.53. The zero-order valence-electron chi connectivity index (χ0n) is 17.5. The SMILES string of the molecule is CC(C)Oc1cccc(CCCNS(=O)(=O)c2nnc(NC(=O)c3ccccc3Cl)s2)c1. The van der Waals surface area contributed by atoms with E-state index in [1.54, 1.807) is 24.3 Å². The summed E-state index contributed by atoms with van der Waals surface area (Å²) in [4.78, 5) is 12.3. The maximum atomic E-state index is 12.5. The van der Waals surface area contributed by atoms with Gasteiger partial charge in [-0.15, -0.1) is 10.2 Å². The van der Waals surface area contributed by atoms with Gasteiger partial charge in [0.25, 0.3) is 15.9 Å². The Kier molecular flexibility index (Phi) is 8.19. The number of nitrogens with one attached hydrogen (secondary N) is 2. The van der Waals surface area contributed by atoms with Crippen LogP contribution in [-0.4, -0.2) is 37.2 Å². The van der Waals surface area contributed by atoms with Gasteiger partial charge in [-0.05, 0) is 56.5 Å². The summed E-state index contributed by atoms with van der Waals surface area (Å²) in [7, 11) is -3.83. The van der Waals surface area contributed by atoms with Gasteiger partial charge in [0, 0.05) is 6.54 Å². The second-order valence-electron chi connectivity index (χ2n) is 7.12. The zero-order chi connectivity index (χ0) is 23.1. The van der Waals surface area contributed by atoms with Crippen LogP contribution in [-0.2, 0) is 16.4 Å². The summed E-state index contributed by atoms with van der Waals surface area (Å²) in [6, 6.07) is 14.3. The number of carbonyl (C=O) groups is 1. The first-order valence-electron chi connectivity index (χ1n) is 9.89. The third kappa shape index (κ3) is 6.73. The minimum absolute atomic E-state index is 0.0669. The third-order valence-corrected chi connectivity index (χ3v) is 7.18. The highest BCUT2D eigenvalue weighted by atomic mass is 35.5. The van der Waals surface area contributed by atoms with E-state index in [0.29, 0.717) is 12.8 Å². The quantitative estimate of drug-likeness (QED) is 0.323. The molecular weight excluding hydrogens is 472 g/mol. The maximum absolute atomic E-state index is 12.5. The van der Waals surface area contributed by atoms with Crippen molar-refractivity contribution in [2.45, 2.75) is 37.1 Å². The Balaban J connectivity index is 1.52. The van der Waals surface area contributed by atoms with Crippen molar-refractivity contribution in [1.82, 2.24) is 14.9 Å². The van der Waals surface area contributed by atoms with Gasteiger partial charge >= 0.3 is 0 Å². The first-order valence-corrected chi connectivity index (χ1v) is 12.6. The third-order valence-electron chi connectivity index (χ3n) is 4.18. The number of ether oxygens (including phenoxy) is 1. The molecule has 0 unspecified atom stereocenters. The average Bonchev–Trinajstić information content (AvgIpc) is 3.21. The number of aromatic nitrogens is 2. The van der Waals surface area contributed by atoms with Crippen LogP contribution in [0.4, 0.5) is 5.13 Å². The molecule has 0 aliphatic rings. The van der Waals surface area contributed by atoms with Crippen LogP contribution in [0.25, 0.3) is 0 Å². The molecule has 11 heteroatoms. The van der Waals surface area contributed by atoms with Crippen LogP contribution in [0.5, 0.6) is 5.75 Å². The van der Waals surface area contributed by atoms with Crippen molar-refractivity contribution < 1.29 is 17.9 Å². The minimum atomic E-state index is -3.83. The van der Waals surface area contributed by atoms with Crippen LogP contribution in [0.15, 0.2) is 52.9 Å². The van der Waals surface area contributed by atoms with E-state index in [1.807, 2.05) is 38.1 Å². The van der Waals surface area contributed by atoms with Gasteiger partial charge in [0.1, 0.15) is 5.75 Å². The number of rotatable bonds is 10. The number of hydrogen-bond acceptors (Lipinski definition) is 7.